The molecule has 1 aliphatic rings. The number of carbonyl (C=O) groups is 1. The maximum atomic E-state index is 14.1. The first kappa shape index (κ1) is 17.6. The van der Waals surface area contributed by atoms with Crippen LogP contribution in [-0.4, -0.2) is 38.1 Å². The summed E-state index contributed by atoms with van der Waals surface area (Å²) in [6.07, 6.45) is 0.195. The third-order valence-electron chi connectivity index (χ3n) is 4.66. The van der Waals surface area contributed by atoms with Crippen molar-refractivity contribution in [3.63, 3.8) is 0 Å². The van der Waals surface area contributed by atoms with Crippen molar-refractivity contribution in [2.45, 2.75) is 18.6 Å². The monoisotopic (exact) mass is 361 g/mol. The summed E-state index contributed by atoms with van der Waals surface area (Å²) in [5, 5.41) is -0.914. The third-order valence-corrected chi connectivity index (χ3v) is 6.76. The molecule has 2 aromatic carbocycles. The quantitative estimate of drug-likeness (QED) is 0.826. The fourth-order valence-corrected chi connectivity index (χ4v) is 5.02. The molecular weight excluding hydrogens is 341 g/mol. The molecule has 1 aliphatic heterocycles. The van der Waals surface area contributed by atoms with Crippen molar-refractivity contribution in [2.75, 3.05) is 18.8 Å². The van der Waals surface area contributed by atoms with Crippen LogP contribution in [0.2, 0.25) is 0 Å². The highest BCUT2D eigenvalue weighted by atomic mass is 32.2. The van der Waals surface area contributed by atoms with Gasteiger partial charge in [0.15, 0.2) is 9.84 Å². The van der Waals surface area contributed by atoms with E-state index < -0.39 is 20.9 Å². The highest BCUT2D eigenvalue weighted by Crippen LogP contribution is 2.31. The molecule has 132 valence electrons. The molecule has 1 amide bonds. The normalized spacial score (nSPS) is 20.1. The number of nitrogens with zero attached hydrogens (tertiary/aromatic N) is 1. The minimum Gasteiger partial charge on any atom is -0.338 e. The van der Waals surface area contributed by atoms with Gasteiger partial charge in [-0.05, 0) is 31.0 Å². The van der Waals surface area contributed by atoms with Crippen molar-refractivity contribution >= 4 is 15.7 Å². The first-order valence-corrected chi connectivity index (χ1v) is 9.92. The van der Waals surface area contributed by atoms with E-state index in [1.165, 1.54) is 18.2 Å². The third kappa shape index (κ3) is 3.58. The average molecular weight is 361 g/mol. The number of sulfone groups is 1. The molecule has 25 heavy (non-hydrogen) atoms. The number of benzene rings is 2. The Kier molecular flexibility index (Phi) is 4.90. The second-order valence-corrected chi connectivity index (χ2v) is 8.58. The number of amides is 1. The Morgan fingerprint density at radius 1 is 1.08 bits per heavy atom. The van der Waals surface area contributed by atoms with Crippen molar-refractivity contribution in [3.8, 4) is 0 Å². The van der Waals surface area contributed by atoms with Gasteiger partial charge < -0.3 is 4.90 Å². The summed E-state index contributed by atoms with van der Waals surface area (Å²) in [6, 6.07) is 13.2. The van der Waals surface area contributed by atoms with Gasteiger partial charge in [-0.2, -0.15) is 0 Å². The fraction of sp³-hybridized carbons (Fsp3) is 0.316. The molecule has 0 N–H and O–H groups in total. The van der Waals surface area contributed by atoms with Crippen molar-refractivity contribution in [3.05, 3.63) is 71.0 Å². The first-order valence-electron chi connectivity index (χ1n) is 8.21. The van der Waals surface area contributed by atoms with Crippen LogP contribution in [0.15, 0.2) is 48.5 Å². The van der Waals surface area contributed by atoms with Gasteiger partial charge in [0.2, 0.25) is 0 Å². The van der Waals surface area contributed by atoms with E-state index in [1.54, 1.807) is 23.1 Å². The molecule has 1 heterocycles. The van der Waals surface area contributed by atoms with Gasteiger partial charge in [-0.25, -0.2) is 12.8 Å². The number of hydrogen-bond acceptors (Lipinski definition) is 3. The van der Waals surface area contributed by atoms with Gasteiger partial charge in [0.05, 0.1) is 11.0 Å². The molecule has 1 saturated heterocycles. The SMILES string of the molecule is Cc1ccccc1C(=O)N1CCC(c2ccccc2F)S(=O)(=O)CC1. The Labute approximate surface area is 147 Å². The van der Waals surface area contributed by atoms with Crippen LogP contribution in [0.3, 0.4) is 0 Å². The van der Waals surface area contributed by atoms with E-state index in [-0.39, 0.29) is 36.7 Å². The van der Waals surface area contributed by atoms with Gasteiger partial charge in [-0.3, -0.25) is 4.79 Å². The lowest BCUT2D eigenvalue weighted by Gasteiger charge is -2.21. The van der Waals surface area contributed by atoms with Crippen LogP contribution >= 0.6 is 0 Å². The lowest BCUT2D eigenvalue weighted by molar-refractivity contribution is 0.0766. The largest absolute Gasteiger partial charge is 0.338 e. The highest BCUT2D eigenvalue weighted by Gasteiger charge is 2.34. The maximum absolute atomic E-state index is 14.1. The Hall–Kier alpha value is -2.21. The summed E-state index contributed by atoms with van der Waals surface area (Å²) in [5.74, 6) is -0.860. The summed E-state index contributed by atoms with van der Waals surface area (Å²) in [7, 11) is -3.53. The van der Waals surface area contributed by atoms with E-state index in [0.29, 0.717) is 5.56 Å². The topological polar surface area (TPSA) is 54.5 Å². The molecule has 4 nitrogen and oxygen atoms in total. The zero-order valence-electron chi connectivity index (χ0n) is 14.0. The number of aryl methyl sites for hydroxylation is 1. The Morgan fingerprint density at radius 3 is 2.48 bits per heavy atom. The van der Waals surface area contributed by atoms with E-state index in [0.717, 1.165) is 5.56 Å². The van der Waals surface area contributed by atoms with Crippen LogP contribution in [0.5, 0.6) is 0 Å². The van der Waals surface area contributed by atoms with E-state index in [4.69, 9.17) is 0 Å². The van der Waals surface area contributed by atoms with Crippen molar-refractivity contribution in [1.29, 1.82) is 0 Å². The molecule has 0 saturated carbocycles. The fourth-order valence-electron chi connectivity index (χ4n) is 3.22. The molecule has 6 heteroatoms. The Balaban J connectivity index is 1.87. The first-order chi connectivity index (χ1) is 11.9. The second-order valence-electron chi connectivity index (χ2n) is 6.27. The van der Waals surface area contributed by atoms with Gasteiger partial charge in [0, 0.05) is 24.2 Å². The Morgan fingerprint density at radius 2 is 1.76 bits per heavy atom. The lowest BCUT2D eigenvalue weighted by Crippen LogP contribution is -2.34. The predicted molar refractivity (Wildman–Crippen MR) is 94.6 cm³/mol. The summed E-state index contributed by atoms with van der Waals surface area (Å²) in [4.78, 5) is 14.3. The van der Waals surface area contributed by atoms with Crippen LogP contribution in [0.4, 0.5) is 4.39 Å². The maximum Gasteiger partial charge on any atom is 0.254 e. The zero-order chi connectivity index (χ0) is 18.0. The second kappa shape index (κ2) is 6.96. The Bertz CT molecular complexity index is 895. The molecule has 1 fully saturated rings. The van der Waals surface area contributed by atoms with Crippen LogP contribution in [-0.2, 0) is 9.84 Å². The van der Waals surface area contributed by atoms with Crippen LogP contribution in [0.25, 0.3) is 0 Å². The molecule has 0 bridgehead atoms. The van der Waals surface area contributed by atoms with Crippen molar-refractivity contribution < 1.29 is 17.6 Å². The van der Waals surface area contributed by atoms with E-state index >= 15 is 0 Å². The standard InChI is InChI=1S/C19H20FNO3S/c1-14-6-2-3-7-15(14)19(22)21-11-10-18(25(23,24)13-12-21)16-8-4-5-9-17(16)20/h2-9,18H,10-13H2,1H3. The van der Waals surface area contributed by atoms with Gasteiger partial charge in [-0.1, -0.05) is 36.4 Å². The molecule has 0 aliphatic carbocycles. The molecule has 0 radical (unpaired) electrons. The van der Waals surface area contributed by atoms with Gasteiger partial charge in [0.1, 0.15) is 5.82 Å². The molecule has 3 rings (SSSR count). The van der Waals surface area contributed by atoms with Crippen LogP contribution < -0.4 is 0 Å². The van der Waals surface area contributed by atoms with Crippen LogP contribution in [0.1, 0.15) is 33.2 Å². The van der Waals surface area contributed by atoms with Gasteiger partial charge >= 0.3 is 0 Å². The lowest BCUT2D eigenvalue weighted by atomic mass is 10.1. The smallest absolute Gasteiger partial charge is 0.254 e. The number of rotatable bonds is 2. The van der Waals surface area contributed by atoms with E-state index in [1.807, 2.05) is 19.1 Å². The summed E-state index contributed by atoms with van der Waals surface area (Å²) in [5.41, 5.74) is 1.61. The number of carbonyl (C=O) groups excluding carboxylic acids is 1. The van der Waals surface area contributed by atoms with Gasteiger partial charge in [-0.15, -0.1) is 0 Å². The molecule has 1 unspecified atom stereocenters. The summed E-state index contributed by atoms with van der Waals surface area (Å²) < 4.78 is 39.3. The van der Waals surface area contributed by atoms with Crippen LogP contribution in [0, 0.1) is 12.7 Å². The zero-order valence-corrected chi connectivity index (χ0v) is 14.8. The predicted octanol–water partition coefficient (Wildman–Crippen LogP) is 3.14. The molecule has 1 atom stereocenters. The molecule has 2 aromatic rings. The minimum absolute atomic E-state index is 0.125. The van der Waals surface area contributed by atoms with Gasteiger partial charge in [0.25, 0.3) is 5.91 Å². The number of halogens is 1. The molecule has 0 aromatic heterocycles. The number of hydrogen-bond donors (Lipinski definition) is 0. The highest BCUT2D eigenvalue weighted by molar-refractivity contribution is 7.91. The van der Waals surface area contributed by atoms with E-state index in [9.17, 15) is 17.6 Å². The van der Waals surface area contributed by atoms with Crippen molar-refractivity contribution in [1.82, 2.24) is 4.90 Å². The molecule has 0 spiro atoms. The van der Waals surface area contributed by atoms with Crippen molar-refractivity contribution in [2.24, 2.45) is 0 Å². The molecular formula is C19H20FNO3S. The summed E-state index contributed by atoms with van der Waals surface area (Å²) in [6.45, 7) is 2.26. The average Bonchev–Trinajstić information content (AvgIpc) is 2.74. The summed E-state index contributed by atoms with van der Waals surface area (Å²) >= 11 is 0. The minimum atomic E-state index is -3.53. The van der Waals surface area contributed by atoms with E-state index in [2.05, 4.69) is 0 Å².